The first-order valence-electron chi connectivity index (χ1n) is 14.1. The summed E-state index contributed by atoms with van der Waals surface area (Å²) in [6, 6.07) is 19.5. The van der Waals surface area contributed by atoms with Crippen molar-refractivity contribution in [1.29, 1.82) is 0 Å². The van der Waals surface area contributed by atoms with Crippen molar-refractivity contribution in [2.45, 2.75) is 57.0 Å². The molecule has 5 aliphatic heterocycles. The number of nitrogens with zero attached hydrogens (tertiary/aromatic N) is 3. The Labute approximate surface area is 242 Å². The van der Waals surface area contributed by atoms with Gasteiger partial charge in [-0.3, -0.25) is 29.5 Å². The molecule has 0 radical (unpaired) electrons. The van der Waals surface area contributed by atoms with Crippen LogP contribution in [-0.4, -0.2) is 63.6 Å². The molecule has 3 amide bonds. The van der Waals surface area contributed by atoms with Crippen molar-refractivity contribution in [3.8, 4) is 11.1 Å². The Morgan fingerprint density at radius 2 is 1.66 bits per heavy atom. The molecule has 2 bridgehead atoms. The summed E-state index contributed by atoms with van der Waals surface area (Å²) < 4.78 is 15.3. The highest BCUT2D eigenvalue weighted by Crippen LogP contribution is 2.37. The second-order valence-electron chi connectivity index (χ2n) is 11.6. The normalized spacial score (nSPS) is 24.3. The van der Waals surface area contributed by atoms with Gasteiger partial charge in [0.15, 0.2) is 0 Å². The minimum atomic E-state index is -0.704. The van der Waals surface area contributed by atoms with E-state index in [4.69, 9.17) is 11.6 Å². The number of carbonyl (C=O) groups is 3. The van der Waals surface area contributed by atoms with Gasteiger partial charge in [0.05, 0.1) is 0 Å². The number of nitrogens with one attached hydrogen (secondary N) is 1. The lowest BCUT2D eigenvalue weighted by atomic mass is 9.86. The molecule has 1 N–H and O–H groups in total. The van der Waals surface area contributed by atoms with Crippen molar-refractivity contribution in [3.05, 3.63) is 93.8 Å². The second-order valence-corrected chi connectivity index (χ2v) is 12.0. The van der Waals surface area contributed by atoms with Crippen LogP contribution >= 0.6 is 11.6 Å². The number of benzene rings is 3. The molecule has 4 fully saturated rings. The van der Waals surface area contributed by atoms with Crippen LogP contribution in [0.5, 0.6) is 0 Å². The van der Waals surface area contributed by atoms with E-state index in [0.717, 1.165) is 42.2 Å². The number of fused-ring (bicyclic) bond motifs is 3. The Hall–Kier alpha value is -3.59. The number of imide groups is 1. The fraction of sp³-hybridized carbons (Fsp3) is 0.344. The SMILES string of the molecule is O=C1CCC(N2Cc3cc(CN4C5CC4CN(Cc4ccccc4-c4ccc(Cl)cc4)C5)c(F)cc3C2=O)C(=O)N1. The van der Waals surface area contributed by atoms with Gasteiger partial charge in [0, 0.05) is 67.4 Å². The van der Waals surface area contributed by atoms with Gasteiger partial charge in [-0.2, -0.15) is 0 Å². The third-order valence-electron chi connectivity index (χ3n) is 9.03. The number of halogens is 2. The number of carbonyl (C=O) groups excluding carboxylic acids is 3. The molecule has 9 heteroatoms. The zero-order chi connectivity index (χ0) is 28.2. The van der Waals surface area contributed by atoms with E-state index < -0.39 is 11.9 Å². The highest BCUT2D eigenvalue weighted by molar-refractivity contribution is 6.30. The molecule has 5 heterocycles. The molecule has 0 saturated carbocycles. The van der Waals surface area contributed by atoms with Crippen LogP contribution in [0.15, 0.2) is 60.7 Å². The molecule has 0 spiro atoms. The Kier molecular flexibility index (Phi) is 6.64. The lowest BCUT2D eigenvalue weighted by Crippen LogP contribution is -2.67. The van der Waals surface area contributed by atoms with E-state index >= 15 is 4.39 Å². The number of rotatable bonds is 6. The van der Waals surface area contributed by atoms with E-state index in [1.165, 1.54) is 22.1 Å². The van der Waals surface area contributed by atoms with Crippen LogP contribution in [0, 0.1) is 5.82 Å². The van der Waals surface area contributed by atoms with Crippen molar-refractivity contribution in [2.75, 3.05) is 13.1 Å². The maximum atomic E-state index is 15.3. The van der Waals surface area contributed by atoms with Gasteiger partial charge in [-0.1, -0.05) is 48.0 Å². The smallest absolute Gasteiger partial charge is 0.255 e. The summed E-state index contributed by atoms with van der Waals surface area (Å²) in [6.07, 6.45) is 1.58. The number of amides is 3. The van der Waals surface area contributed by atoms with Crippen molar-refractivity contribution >= 4 is 29.3 Å². The first-order valence-corrected chi connectivity index (χ1v) is 14.5. The fourth-order valence-corrected chi connectivity index (χ4v) is 7.06. The van der Waals surface area contributed by atoms with E-state index in [9.17, 15) is 14.4 Å². The highest BCUT2D eigenvalue weighted by atomic mass is 35.5. The molecule has 210 valence electrons. The molecular formula is C32H30ClFN4O3. The molecular weight excluding hydrogens is 543 g/mol. The molecule has 4 saturated heterocycles. The molecule has 0 aliphatic carbocycles. The highest BCUT2D eigenvalue weighted by Gasteiger charge is 2.45. The van der Waals surface area contributed by atoms with Crippen LogP contribution in [0.3, 0.4) is 0 Å². The summed E-state index contributed by atoms with van der Waals surface area (Å²) in [5.74, 6) is -1.53. The molecule has 3 unspecified atom stereocenters. The van der Waals surface area contributed by atoms with Crippen LogP contribution in [-0.2, 0) is 29.2 Å². The van der Waals surface area contributed by atoms with Gasteiger partial charge in [0.1, 0.15) is 11.9 Å². The summed E-state index contributed by atoms with van der Waals surface area (Å²) in [5, 5.41) is 3.03. The minimum absolute atomic E-state index is 0.192. The Morgan fingerprint density at radius 3 is 2.41 bits per heavy atom. The van der Waals surface area contributed by atoms with Gasteiger partial charge < -0.3 is 4.90 Å². The molecule has 3 aromatic carbocycles. The van der Waals surface area contributed by atoms with E-state index in [1.807, 2.05) is 12.1 Å². The van der Waals surface area contributed by atoms with Gasteiger partial charge in [0.25, 0.3) is 5.91 Å². The lowest BCUT2D eigenvalue weighted by Gasteiger charge is -2.56. The summed E-state index contributed by atoms with van der Waals surface area (Å²) in [6.45, 7) is 3.43. The predicted octanol–water partition coefficient (Wildman–Crippen LogP) is 4.37. The van der Waals surface area contributed by atoms with Crippen molar-refractivity contribution in [1.82, 2.24) is 20.0 Å². The number of hydrogen-bond donors (Lipinski definition) is 1. The van der Waals surface area contributed by atoms with Crippen LogP contribution in [0.1, 0.15) is 46.3 Å². The first kappa shape index (κ1) is 26.3. The van der Waals surface area contributed by atoms with Crippen LogP contribution < -0.4 is 5.32 Å². The first-order chi connectivity index (χ1) is 19.8. The summed E-state index contributed by atoms with van der Waals surface area (Å²) >= 11 is 6.10. The molecule has 8 rings (SSSR count). The third-order valence-corrected chi connectivity index (χ3v) is 9.28. The Bertz CT molecular complexity index is 1550. The summed E-state index contributed by atoms with van der Waals surface area (Å²) in [5.41, 5.74) is 5.26. The molecule has 41 heavy (non-hydrogen) atoms. The van der Waals surface area contributed by atoms with Crippen LogP contribution in [0.4, 0.5) is 4.39 Å². The van der Waals surface area contributed by atoms with E-state index in [2.05, 4.69) is 51.5 Å². The zero-order valence-corrected chi connectivity index (χ0v) is 23.2. The number of piperidine rings is 2. The topological polar surface area (TPSA) is 73.0 Å². The van der Waals surface area contributed by atoms with E-state index in [1.54, 1.807) is 6.07 Å². The fourth-order valence-electron chi connectivity index (χ4n) is 6.93. The monoisotopic (exact) mass is 572 g/mol. The van der Waals surface area contributed by atoms with Crippen molar-refractivity contribution < 1.29 is 18.8 Å². The standard InChI is InChI=1S/C32H30ClFN4O3/c33-23-7-5-19(6-8-23)26-4-2-1-3-20(26)14-36-17-24-12-25(18-36)37(24)16-22-11-21-15-38(32(41)27(21)13-28(22)34)29-9-10-30(39)35-31(29)40/h1-8,11,13,24-25,29H,9-10,12,14-18H2,(H,35,39,40). The summed E-state index contributed by atoms with van der Waals surface area (Å²) in [7, 11) is 0. The van der Waals surface area contributed by atoms with Crippen LogP contribution in [0.2, 0.25) is 5.02 Å². The zero-order valence-electron chi connectivity index (χ0n) is 22.5. The lowest BCUT2D eigenvalue weighted by molar-refractivity contribution is -0.136. The van der Waals surface area contributed by atoms with Crippen LogP contribution in [0.25, 0.3) is 11.1 Å². The molecule has 3 aromatic rings. The molecule has 0 aromatic heterocycles. The Balaban J connectivity index is 1.02. The number of piperazine rings is 1. The van der Waals surface area contributed by atoms with Gasteiger partial charge in [0.2, 0.25) is 11.8 Å². The average Bonchev–Trinajstić information content (AvgIpc) is 3.27. The third kappa shape index (κ3) is 4.84. The number of hydrogen-bond acceptors (Lipinski definition) is 5. The largest absolute Gasteiger partial charge is 0.322 e. The molecule has 7 nitrogen and oxygen atoms in total. The second kappa shape index (κ2) is 10.4. The van der Waals surface area contributed by atoms with E-state index in [-0.39, 0.29) is 37.0 Å². The Morgan fingerprint density at radius 1 is 0.902 bits per heavy atom. The van der Waals surface area contributed by atoms with Gasteiger partial charge in [-0.05, 0) is 59.4 Å². The predicted molar refractivity (Wildman–Crippen MR) is 152 cm³/mol. The van der Waals surface area contributed by atoms with Gasteiger partial charge in [-0.25, -0.2) is 4.39 Å². The van der Waals surface area contributed by atoms with Gasteiger partial charge >= 0.3 is 0 Å². The van der Waals surface area contributed by atoms with Crippen molar-refractivity contribution in [3.63, 3.8) is 0 Å². The quantitative estimate of drug-likeness (QED) is 0.444. The summed E-state index contributed by atoms with van der Waals surface area (Å²) in [4.78, 5) is 43.2. The maximum absolute atomic E-state index is 15.3. The molecule has 5 aliphatic rings. The van der Waals surface area contributed by atoms with Crippen molar-refractivity contribution in [2.24, 2.45) is 0 Å². The average molecular weight is 573 g/mol. The minimum Gasteiger partial charge on any atom is -0.322 e. The van der Waals surface area contributed by atoms with E-state index in [0.29, 0.717) is 29.8 Å². The van der Waals surface area contributed by atoms with Gasteiger partial charge in [-0.15, -0.1) is 0 Å². The maximum Gasteiger partial charge on any atom is 0.255 e. The molecule has 3 atom stereocenters.